The quantitative estimate of drug-likeness (QED) is 0.133. The van der Waals surface area contributed by atoms with E-state index in [4.69, 9.17) is 0 Å². The number of thiophene rings is 2. The summed E-state index contributed by atoms with van der Waals surface area (Å²) in [5.41, 5.74) is 14.8. The molecular formula is C72H54S2. The summed E-state index contributed by atoms with van der Waals surface area (Å²) in [6, 6.07) is 90.3. The highest BCUT2D eigenvalue weighted by molar-refractivity contribution is 7.19. The predicted molar refractivity (Wildman–Crippen MR) is 327 cm³/mol. The lowest BCUT2D eigenvalue weighted by Crippen LogP contribution is -2.23. The van der Waals surface area contributed by atoms with E-state index in [0.29, 0.717) is 0 Å². The molecule has 0 saturated carbocycles. The average molecular weight is 983 g/mol. The maximum atomic E-state index is 2.50. The van der Waals surface area contributed by atoms with Gasteiger partial charge in [0.25, 0.3) is 0 Å². The molecule has 0 aliphatic rings. The smallest absolute Gasteiger partial charge is 0.0349 e. The van der Waals surface area contributed by atoms with Crippen molar-refractivity contribution in [1.82, 2.24) is 0 Å². The minimum absolute atomic E-state index is 1.20. The second-order valence-corrected chi connectivity index (χ2v) is 20.7. The van der Waals surface area contributed by atoms with Gasteiger partial charge < -0.3 is 0 Å². The maximum absolute atomic E-state index is 2.50. The topological polar surface area (TPSA) is 0 Å². The molecule has 0 fully saturated rings. The first-order chi connectivity index (χ1) is 36.6. The summed E-state index contributed by atoms with van der Waals surface area (Å²) < 4.78 is 0. The van der Waals surface area contributed by atoms with Crippen molar-refractivity contribution in [1.29, 1.82) is 0 Å². The lowest BCUT2D eigenvalue weighted by Gasteiger charge is -2.21. The number of fused-ring (bicyclic) bond motifs is 4. The van der Waals surface area contributed by atoms with Gasteiger partial charge in [0, 0.05) is 19.5 Å². The molecule has 0 aliphatic carbocycles. The Morgan fingerprint density at radius 2 is 0.514 bits per heavy atom. The zero-order valence-electron chi connectivity index (χ0n) is 42.1. The second-order valence-electron chi connectivity index (χ2n) is 18.5. The van der Waals surface area contributed by atoms with E-state index in [2.05, 4.69) is 269 Å². The van der Waals surface area contributed by atoms with E-state index in [9.17, 15) is 0 Å². The van der Waals surface area contributed by atoms with Crippen molar-refractivity contribution in [2.24, 2.45) is 0 Å². The van der Waals surface area contributed by atoms with Crippen LogP contribution < -0.4 is 10.4 Å². The third-order valence-corrected chi connectivity index (χ3v) is 16.9. The summed E-state index contributed by atoms with van der Waals surface area (Å²) in [5, 5.41) is 12.4. The molecule has 0 saturated heterocycles. The van der Waals surface area contributed by atoms with Crippen LogP contribution in [0, 0.1) is 0 Å². The van der Waals surface area contributed by atoms with Crippen molar-refractivity contribution in [3.05, 3.63) is 253 Å². The van der Waals surface area contributed by atoms with Gasteiger partial charge in [-0.3, -0.25) is 0 Å². The molecular weight excluding hydrogens is 929 g/mol. The van der Waals surface area contributed by atoms with Crippen LogP contribution in [0.2, 0.25) is 0 Å². The summed E-state index contributed by atoms with van der Waals surface area (Å²) in [5.74, 6) is 0. The summed E-state index contributed by atoms with van der Waals surface area (Å²) in [6.07, 6.45) is 4.42. The van der Waals surface area contributed by atoms with Crippen LogP contribution in [0.25, 0.3) is 142 Å². The Hall–Kier alpha value is -8.40. The molecule has 2 heteroatoms. The molecule has 11 aromatic carbocycles. The van der Waals surface area contributed by atoms with Gasteiger partial charge in [0.1, 0.15) is 0 Å². The molecule has 0 atom stereocenters. The lowest BCUT2D eigenvalue weighted by atomic mass is 9.82. The van der Waals surface area contributed by atoms with Crippen molar-refractivity contribution in [2.45, 2.75) is 27.7 Å². The van der Waals surface area contributed by atoms with E-state index in [1.807, 2.05) is 36.5 Å². The van der Waals surface area contributed by atoms with Gasteiger partial charge in [-0.1, -0.05) is 232 Å². The first kappa shape index (κ1) is 46.7. The van der Waals surface area contributed by atoms with Gasteiger partial charge in [-0.05, 0) is 171 Å². The van der Waals surface area contributed by atoms with Gasteiger partial charge in [-0.25, -0.2) is 0 Å². The molecule has 0 N–H and O–H groups in total. The van der Waals surface area contributed by atoms with Crippen LogP contribution in [0.4, 0.5) is 0 Å². The highest BCUT2D eigenvalue weighted by atomic mass is 32.1. The van der Waals surface area contributed by atoms with E-state index in [1.165, 1.54) is 140 Å². The molecule has 0 aliphatic heterocycles. The van der Waals surface area contributed by atoms with E-state index < -0.39 is 0 Å². The lowest BCUT2D eigenvalue weighted by molar-refractivity contribution is 1.49. The molecule has 0 nitrogen and oxygen atoms in total. The molecule has 0 spiro atoms. The Balaban J connectivity index is 0.00000275. The van der Waals surface area contributed by atoms with Gasteiger partial charge in [-0.2, -0.15) is 0 Å². The molecule has 0 amide bonds. The molecule has 13 aromatic rings. The van der Waals surface area contributed by atoms with Gasteiger partial charge in [0.2, 0.25) is 0 Å². The Labute approximate surface area is 442 Å². The Morgan fingerprint density at radius 1 is 0.230 bits per heavy atom. The number of benzene rings is 11. The van der Waals surface area contributed by atoms with Crippen LogP contribution in [-0.2, 0) is 0 Å². The van der Waals surface area contributed by atoms with E-state index in [-0.39, 0.29) is 0 Å². The molecule has 0 bridgehead atoms. The Kier molecular flexibility index (Phi) is 12.8. The normalized spacial score (nSPS) is 11.9. The minimum Gasteiger partial charge on any atom is -0.135 e. The van der Waals surface area contributed by atoms with E-state index in [0.717, 1.165) is 0 Å². The summed E-state index contributed by atoms with van der Waals surface area (Å²) >= 11 is 3.69. The zero-order chi connectivity index (χ0) is 50.1. The monoisotopic (exact) mass is 982 g/mol. The van der Waals surface area contributed by atoms with Crippen LogP contribution in [0.1, 0.15) is 27.7 Å². The third kappa shape index (κ3) is 8.37. The molecule has 74 heavy (non-hydrogen) atoms. The minimum atomic E-state index is 1.20. The molecule has 13 rings (SSSR count). The van der Waals surface area contributed by atoms with Crippen LogP contribution in [0.15, 0.2) is 243 Å². The van der Waals surface area contributed by atoms with Crippen molar-refractivity contribution in [3.63, 3.8) is 0 Å². The highest BCUT2D eigenvalue weighted by Crippen LogP contribution is 2.49. The first-order valence-corrected chi connectivity index (χ1v) is 27.4. The van der Waals surface area contributed by atoms with E-state index >= 15 is 0 Å². The fourth-order valence-electron chi connectivity index (χ4n) is 11.1. The standard InChI is InChI=1S/C70H48S2.C2H6/c1-3-45-27-36-53(43-46(45)4-2)69-57-23-13-15-25-59(57)70(60-26-16-14-24-58(60)69)54-37-38-61-62(44-54)68(52-34-30-50(31-35-52)66-42-40-64(72-66)48-19-9-6-10-20-48)56-22-12-11-21-55(56)67(61)51-32-28-49(29-33-51)65-41-39-63(71-65)47-17-7-5-8-18-47;1-2/h3-44H,1-2H3;1-2H3/b45-3-,46-4-;. The largest absolute Gasteiger partial charge is 0.135 e. The molecule has 0 unspecified atom stereocenters. The molecule has 0 radical (unpaired) electrons. The first-order valence-electron chi connectivity index (χ1n) is 25.8. The SMILES string of the molecule is C/C=c1/ccc(-c2c3ccccc3c(-c3ccc4c(-c5ccc(-c6ccc(-c7ccccc7)s6)cc5)c5ccccc5c(-c5ccc(-c6ccc(-c7ccccc7)s6)cc5)c4c3)c3ccccc23)c/c1=C/C.CC. The van der Waals surface area contributed by atoms with Gasteiger partial charge in [0.05, 0.1) is 0 Å². The van der Waals surface area contributed by atoms with E-state index in [1.54, 1.807) is 0 Å². The van der Waals surface area contributed by atoms with Crippen molar-refractivity contribution in [3.8, 4) is 86.3 Å². The fourth-order valence-corrected chi connectivity index (χ4v) is 13.1. The van der Waals surface area contributed by atoms with Gasteiger partial charge in [0.15, 0.2) is 0 Å². The van der Waals surface area contributed by atoms with Crippen LogP contribution in [0.5, 0.6) is 0 Å². The highest BCUT2D eigenvalue weighted by Gasteiger charge is 2.21. The van der Waals surface area contributed by atoms with Crippen molar-refractivity contribution in [2.75, 3.05) is 0 Å². The average Bonchev–Trinajstić information content (AvgIpc) is 4.19. The summed E-state index contributed by atoms with van der Waals surface area (Å²) in [7, 11) is 0. The van der Waals surface area contributed by atoms with Gasteiger partial charge in [-0.15, -0.1) is 22.7 Å². The van der Waals surface area contributed by atoms with Crippen molar-refractivity contribution >= 4 is 77.9 Å². The number of hydrogen-bond donors (Lipinski definition) is 0. The molecule has 2 aromatic heterocycles. The molecule has 354 valence electrons. The predicted octanol–water partition coefficient (Wildman–Crippen LogP) is 20.4. The number of rotatable bonds is 8. The Bertz CT molecular complexity index is 4250. The second kappa shape index (κ2) is 20.2. The third-order valence-electron chi connectivity index (χ3n) is 14.5. The number of hydrogen-bond acceptors (Lipinski definition) is 2. The van der Waals surface area contributed by atoms with Crippen molar-refractivity contribution < 1.29 is 0 Å². The van der Waals surface area contributed by atoms with Crippen LogP contribution >= 0.6 is 22.7 Å². The maximum Gasteiger partial charge on any atom is 0.0349 e. The van der Waals surface area contributed by atoms with Crippen LogP contribution in [0.3, 0.4) is 0 Å². The molecule has 2 heterocycles. The van der Waals surface area contributed by atoms with Crippen LogP contribution in [-0.4, -0.2) is 0 Å². The van der Waals surface area contributed by atoms with Gasteiger partial charge >= 0.3 is 0 Å². The summed E-state index contributed by atoms with van der Waals surface area (Å²) in [6.45, 7) is 8.25. The zero-order valence-corrected chi connectivity index (χ0v) is 43.7. The Morgan fingerprint density at radius 3 is 0.905 bits per heavy atom. The fraction of sp³-hybridized carbons (Fsp3) is 0.0556. The summed E-state index contributed by atoms with van der Waals surface area (Å²) in [4.78, 5) is 5.09.